The van der Waals surface area contributed by atoms with E-state index < -0.39 is 0 Å². The number of aromatic nitrogens is 4. The summed E-state index contributed by atoms with van der Waals surface area (Å²) >= 11 is 0. The molecule has 2 aromatic carbocycles. The summed E-state index contributed by atoms with van der Waals surface area (Å²) in [4.78, 5) is 9.49. The molecule has 0 atom stereocenters. The lowest BCUT2D eigenvalue weighted by molar-refractivity contribution is 0.367. The van der Waals surface area contributed by atoms with Crippen LogP contribution in [0.3, 0.4) is 0 Å². The third-order valence-electron chi connectivity index (χ3n) is 4.83. The molecule has 0 unspecified atom stereocenters. The zero-order valence-electron chi connectivity index (χ0n) is 17.0. The van der Waals surface area contributed by atoms with Gasteiger partial charge in [-0.15, -0.1) is 0 Å². The van der Waals surface area contributed by atoms with Gasteiger partial charge in [-0.05, 0) is 34.6 Å². The smallest absolute Gasteiger partial charge is 0.165 e. The van der Waals surface area contributed by atoms with E-state index in [9.17, 15) is 0 Å². The maximum atomic E-state index is 6.44. The summed E-state index contributed by atoms with van der Waals surface area (Å²) < 4.78 is 1.95. The van der Waals surface area contributed by atoms with Crippen LogP contribution in [0.2, 0.25) is 0 Å². The SMILES string of the molecule is Cc1ccc(-c2nc(N)c3c(-c4ccc(C)cc4)nn(C(C)(C)C)c3n2)cc1. The lowest BCUT2D eigenvalue weighted by atomic mass is 10.1. The van der Waals surface area contributed by atoms with Gasteiger partial charge in [0.15, 0.2) is 11.5 Å². The van der Waals surface area contributed by atoms with Gasteiger partial charge < -0.3 is 5.73 Å². The summed E-state index contributed by atoms with van der Waals surface area (Å²) in [6.45, 7) is 10.5. The van der Waals surface area contributed by atoms with E-state index in [2.05, 4.69) is 76.0 Å². The Morgan fingerprint density at radius 1 is 0.786 bits per heavy atom. The molecule has 2 aromatic heterocycles. The zero-order chi connectivity index (χ0) is 20.1. The van der Waals surface area contributed by atoms with Crippen LogP contribution in [0.25, 0.3) is 33.7 Å². The minimum atomic E-state index is -0.244. The monoisotopic (exact) mass is 371 g/mol. The summed E-state index contributed by atoms with van der Waals surface area (Å²) in [5.41, 5.74) is 12.1. The van der Waals surface area contributed by atoms with Crippen LogP contribution < -0.4 is 5.73 Å². The highest BCUT2D eigenvalue weighted by molar-refractivity contribution is 5.99. The first-order valence-electron chi connectivity index (χ1n) is 9.45. The number of fused-ring (bicyclic) bond motifs is 1. The second kappa shape index (κ2) is 6.44. The fourth-order valence-corrected chi connectivity index (χ4v) is 3.26. The molecule has 5 heteroatoms. The van der Waals surface area contributed by atoms with Gasteiger partial charge in [-0.25, -0.2) is 14.6 Å². The first-order valence-corrected chi connectivity index (χ1v) is 9.45. The molecule has 28 heavy (non-hydrogen) atoms. The van der Waals surface area contributed by atoms with Gasteiger partial charge in [0.1, 0.15) is 11.5 Å². The first-order chi connectivity index (χ1) is 13.2. The largest absolute Gasteiger partial charge is 0.383 e. The Kier molecular flexibility index (Phi) is 4.18. The zero-order valence-corrected chi connectivity index (χ0v) is 17.0. The number of nitrogens with two attached hydrogens (primary N) is 1. The second-order valence-corrected chi connectivity index (χ2v) is 8.29. The number of nitrogens with zero attached hydrogens (tertiary/aromatic N) is 4. The molecule has 0 saturated heterocycles. The highest BCUT2D eigenvalue weighted by Crippen LogP contribution is 2.34. The maximum Gasteiger partial charge on any atom is 0.165 e. The highest BCUT2D eigenvalue weighted by Gasteiger charge is 2.25. The van der Waals surface area contributed by atoms with Crippen molar-refractivity contribution in [3.05, 3.63) is 59.7 Å². The predicted molar refractivity (Wildman–Crippen MR) is 115 cm³/mol. The van der Waals surface area contributed by atoms with Crippen LogP contribution in [0.1, 0.15) is 31.9 Å². The molecule has 2 heterocycles. The summed E-state index contributed by atoms with van der Waals surface area (Å²) in [6.07, 6.45) is 0. The fraction of sp³-hybridized carbons (Fsp3) is 0.261. The number of hydrogen-bond acceptors (Lipinski definition) is 4. The minimum Gasteiger partial charge on any atom is -0.383 e. The normalized spacial score (nSPS) is 11.9. The van der Waals surface area contributed by atoms with Crippen LogP contribution in [0.15, 0.2) is 48.5 Å². The summed E-state index contributed by atoms with van der Waals surface area (Å²) in [5, 5.41) is 5.70. The van der Waals surface area contributed by atoms with Gasteiger partial charge in [-0.2, -0.15) is 5.10 Å². The number of hydrogen-bond donors (Lipinski definition) is 1. The molecule has 0 bridgehead atoms. The van der Waals surface area contributed by atoms with Crippen LogP contribution in [-0.4, -0.2) is 19.7 Å². The van der Waals surface area contributed by atoms with Crippen molar-refractivity contribution in [1.82, 2.24) is 19.7 Å². The Morgan fingerprint density at radius 2 is 1.32 bits per heavy atom. The Labute approximate surface area is 165 Å². The Bertz CT molecular complexity index is 1150. The quantitative estimate of drug-likeness (QED) is 0.531. The molecule has 5 nitrogen and oxygen atoms in total. The average Bonchev–Trinajstić information content (AvgIpc) is 3.03. The van der Waals surface area contributed by atoms with Crippen molar-refractivity contribution in [3.63, 3.8) is 0 Å². The van der Waals surface area contributed by atoms with E-state index >= 15 is 0 Å². The van der Waals surface area contributed by atoms with E-state index in [0.29, 0.717) is 11.6 Å². The predicted octanol–water partition coefficient (Wildman–Crippen LogP) is 5.11. The molecular formula is C23H25N5. The van der Waals surface area contributed by atoms with Gasteiger partial charge >= 0.3 is 0 Å². The van der Waals surface area contributed by atoms with Crippen molar-refractivity contribution in [2.45, 2.75) is 40.2 Å². The van der Waals surface area contributed by atoms with Crippen molar-refractivity contribution >= 4 is 16.9 Å². The van der Waals surface area contributed by atoms with Crippen LogP contribution >= 0.6 is 0 Å². The van der Waals surface area contributed by atoms with Gasteiger partial charge in [0.25, 0.3) is 0 Å². The van der Waals surface area contributed by atoms with Crippen LogP contribution in [0.5, 0.6) is 0 Å². The standard InChI is InChI=1S/C23H25N5/c1-14-6-10-16(11-7-14)19-18-20(24)25-21(17-12-8-15(2)9-13-17)26-22(18)28(27-19)23(3,4)5/h6-13H,1-5H3,(H2,24,25,26). The molecule has 142 valence electrons. The molecule has 0 fully saturated rings. The van der Waals surface area contributed by atoms with E-state index in [1.165, 1.54) is 11.1 Å². The molecule has 0 amide bonds. The minimum absolute atomic E-state index is 0.244. The Morgan fingerprint density at radius 3 is 1.86 bits per heavy atom. The van der Waals surface area contributed by atoms with Gasteiger partial charge in [0.05, 0.1) is 10.9 Å². The van der Waals surface area contributed by atoms with E-state index in [1.54, 1.807) is 0 Å². The molecule has 0 radical (unpaired) electrons. The Balaban J connectivity index is 2.00. The van der Waals surface area contributed by atoms with E-state index in [-0.39, 0.29) is 5.54 Å². The fourth-order valence-electron chi connectivity index (χ4n) is 3.26. The molecule has 4 aromatic rings. The summed E-state index contributed by atoms with van der Waals surface area (Å²) in [5.74, 6) is 1.07. The number of rotatable bonds is 2. The number of aryl methyl sites for hydroxylation is 2. The van der Waals surface area contributed by atoms with Crippen LogP contribution in [0.4, 0.5) is 5.82 Å². The van der Waals surface area contributed by atoms with Crippen LogP contribution in [-0.2, 0) is 5.54 Å². The summed E-state index contributed by atoms with van der Waals surface area (Å²) in [7, 11) is 0. The number of anilines is 1. The molecule has 0 spiro atoms. The van der Waals surface area contributed by atoms with E-state index in [1.807, 2.05) is 16.8 Å². The highest BCUT2D eigenvalue weighted by atomic mass is 15.3. The summed E-state index contributed by atoms with van der Waals surface area (Å²) in [6, 6.07) is 16.4. The van der Waals surface area contributed by atoms with Crippen molar-refractivity contribution in [2.75, 3.05) is 5.73 Å². The van der Waals surface area contributed by atoms with E-state index in [4.69, 9.17) is 15.8 Å². The maximum absolute atomic E-state index is 6.44. The molecule has 0 aliphatic heterocycles. The molecule has 0 aliphatic carbocycles. The Hall–Kier alpha value is -3.21. The third-order valence-corrected chi connectivity index (χ3v) is 4.83. The lowest BCUT2D eigenvalue weighted by Crippen LogP contribution is -2.23. The number of nitrogen functional groups attached to an aromatic ring is 1. The van der Waals surface area contributed by atoms with Crippen molar-refractivity contribution in [1.29, 1.82) is 0 Å². The van der Waals surface area contributed by atoms with Crippen LogP contribution in [0, 0.1) is 13.8 Å². The van der Waals surface area contributed by atoms with Crippen molar-refractivity contribution < 1.29 is 0 Å². The van der Waals surface area contributed by atoms with Crippen molar-refractivity contribution in [3.8, 4) is 22.6 Å². The molecule has 4 rings (SSSR count). The topological polar surface area (TPSA) is 69.6 Å². The third kappa shape index (κ3) is 3.13. The first kappa shape index (κ1) is 18.2. The number of benzene rings is 2. The van der Waals surface area contributed by atoms with Gasteiger partial charge in [-0.1, -0.05) is 59.7 Å². The molecular weight excluding hydrogens is 346 g/mol. The van der Waals surface area contributed by atoms with E-state index in [0.717, 1.165) is 27.9 Å². The van der Waals surface area contributed by atoms with Crippen molar-refractivity contribution in [2.24, 2.45) is 0 Å². The lowest BCUT2D eigenvalue weighted by Gasteiger charge is -2.20. The molecule has 0 aliphatic rings. The van der Waals surface area contributed by atoms with Gasteiger partial charge in [0, 0.05) is 11.1 Å². The van der Waals surface area contributed by atoms with Gasteiger partial charge in [-0.3, -0.25) is 0 Å². The average molecular weight is 371 g/mol. The van der Waals surface area contributed by atoms with Gasteiger partial charge in [0.2, 0.25) is 0 Å². The second-order valence-electron chi connectivity index (χ2n) is 8.29. The molecule has 2 N–H and O–H groups in total. The molecule has 0 saturated carbocycles.